The van der Waals surface area contributed by atoms with Gasteiger partial charge < -0.3 is 0 Å². The lowest BCUT2D eigenvalue weighted by molar-refractivity contribution is -0.122. The van der Waals surface area contributed by atoms with Gasteiger partial charge in [0.2, 0.25) is 0 Å². The highest BCUT2D eigenvalue weighted by atomic mass is 32.2. The highest BCUT2D eigenvalue weighted by Crippen LogP contribution is 1.99. The van der Waals surface area contributed by atoms with Crippen molar-refractivity contribution in [3.8, 4) is 0 Å². The summed E-state index contributed by atoms with van der Waals surface area (Å²) < 4.78 is 4.04. The van der Waals surface area contributed by atoms with E-state index in [-0.39, 0.29) is 11.2 Å². The summed E-state index contributed by atoms with van der Waals surface area (Å²) in [7, 11) is 0. The molecule has 1 atom stereocenters. The maximum atomic E-state index is 8.02. The van der Waals surface area contributed by atoms with E-state index in [1.165, 1.54) is 0 Å². The Morgan fingerprint density at radius 2 is 2.00 bits per heavy atom. The molecule has 0 aliphatic heterocycles. The highest BCUT2D eigenvalue weighted by molar-refractivity contribution is 7.92. The first kappa shape index (κ1) is 7.27. The van der Waals surface area contributed by atoms with Gasteiger partial charge in [0.1, 0.15) is 11.5 Å². The molecule has 1 N–H and O–H groups in total. The molecule has 0 aliphatic rings. The van der Waals surface area contributed by atoms with E-state index in [2.05, 4.69) is 4.33 Å². The van der Waals surface area contributed by atoms with Crippen molar-refractivity contribution >= 4 is 11.2 Å². The van der Waals surface area contributed by atoms with Gasteiger partial charge in [-0.2, -0.15) is 0 Å². The van der Waals surface area contributed by atoms with Gasteiger partial charge in [0, 0.05) is 0 Å². The maximum absolute atomic E-state index is 8.02. The fraction of sp³-hybridized carbons (Fsp3) is 1.00. The summed E-state index contributed by atoms with van der Waals surface area (Å²) in [4.78, 5) is 0. The Bertz CT molecular complexity index is 47.0. The van der Waals surface area contributed by atoms with E-state index in [9.17, 15) is 0 Å². The molecule has 0 saturated heterocycles. The zero-order chi connectivity index (χ0) is 5.86. The van der Waals surface area contributed by atoms with Gasteiger partial charge in [-0.1, -0.05) is 0 Å². The van der Waals surface area contributed by atoms with E-state index in [1.807, 2.05) is 20.1 Å². The van der Waals surface area contributed by atoms with Crippen LogP contribution in [0.15, 0.2) is 0 Å². The molecule has 0 aromatic carbocycles. The molecule has 44 valence electrons. The molecular weight excluding hydrogens is 112 g/mol. The summed E-state index contributed by atoms with van der Waals surface area (Å²) in [6.07, 6.45) is 1.85. The second-order valence-electron chi connectivity index (χ2n) is 1.62. The Morgan fingerprint density at radius 1 is 1.57 bits per heavy atom. The molecule has 1 unspecified atom stereocenters. The van der Waals surface area contributed by atoms with Crippen LogP contribution in [-0.4, -0.2) is 16.8 Å². The molecule has 0 amide bonds. The molecule has 3 heteroatoms. The van der Waals surface area contributed by atoms with E-state index in [4.69, 9.17) is 5.26 Å². The number of hydrogen-bond acceptors (Lipinski definition) is 2. The molecule has 7 heavy (non-hydrogen) atoms. The van der Waals surface area contributed by atoms with Gasteiger partial charge in [0.15, 0.2) is 11.2 Å². The van der Waals surface area contributed by atoms with Crippen LogP contribution >= 0.6 is 0 Å². The van der Waals surface area contributed by atoms with E-state index in [0.29, 0.717) is 5.25 Å². The van der Waals surface area contributed by atoms with Crippen LogP contribution in [0.4, 0.5) is 0 Å². The van der Waals surface area contributed by atoms with E-state index in [0.717, 1.165) is 0 Å². The lowest BCUT2D eigenvalue weighted by Crippen LogP contribution is -2.13. The van der Waals surface area contributed by atoms with Gasteiger partial charge in [-0.15, -0.1) is 0 Å². The van der Waals surface area contributed by atoms with Crippen molar-refractivity contribution in [2.75, 3.05) is 6.26 Å². The van der Waals surface area contributed by atoms with Crippen molar-refractivity contribution in [1.82, 2.24) is 0 Å². The minimum absolute atomic E-state index is 0.273. The second kappa shape index (κ2) is 3.29. The van der Waals surface area contributed by atoms with Crippen LogP contribution in [-0.2, 0) is 15.5 Å². The molecule has 0 bridgehead atoms. The zero-order valence-corrected chi connectivity index (χ0v) is 5.66. The molecular formula is C4H11O2S+. The standard InChI is InChI=1S/C4H10O2S/c1-4(2)7(3)6-5/h4H,1-3H3/p+1. The van der Waals surface area contributed by atoms with Crippen molar-refractivity contribution in [2.45, 2.75) is 19.1 Å². The van der Waals surface area contributed by atoms with Crippen molar-refractivity contribution in [3.63, 3.8) is 0 Å². The molecule has 0 aromatic rings. The number of hydrogen-bond donors (Lipinski definition) is 1. The Balaban J connectivity index is 3.14. The average Bonchev–Trinajstić information content (AvgIpc) is 1.65. The molecule has 0 saturated carbocycles. The number of rotatable bonds is 2. The van der Waals surface area contributed by atoms with E-state index < -0.39 is 0 Å². The average molecular weight is 123 g/mol. The first-order valence-electron chi connectivity index (χ1n) is 2.15. The molecule has 0 heterocycles. The minimum Gasteiger partial charge on any atom is -0.204 e. The van der Waals surface area contributed by atoms with Gasteiger partial charge in [-0.25, -0.2) is 5.26 Å². The topological polar surface area (TPSA) is 29.5 Å². The largest absolute Gasteiger partial charge is 0.204 e. The fourth-order valence-electron chi connectivity index (χ4n) is 0.0861. The van der Waals surface area contributed by atoms with E-state index >= 15 is 0 Å². The van der Waals surface area contributed by atoms with Crippen LogP contribution in [0.5, 0.6) is 0 Å². The summed E-state index contributed by atoms with van der Waals surface area (Å²) in [6.45, 7) is 4.00. The quantitative estimate of drug-likeness (QED) is 0.338. The first-order valence-corrected chi connectivity index (χ1v) is 3.77. The van der Waals surface area contributed by atoms with Gasteiger partial charge in [-0.3, -0.25) is 0 Å². The van der Waals surface area contributed by atoms with Gasteiger partial charge in [0.25, 0.3) is 0 Å². The van der Waals surface area contributed by atoms with Gasteiger partial charge in [-0.05, 0) is 18.2 Å². The molecule has 2 nitrogen and oxygen atoms in total. The predicted molar refractivity (Wildman–Crippen MR) is 32.1 cm³/mol. The van der Waals surface area contributed by atoms with E-state index in [1.54, 1.807) is 0 Å². The third-order valence-corrected chi connectivity index (χ3v) is 2.34. The SMILES string of the molecule is CC(C)[S+](C)OO. The van der Waals surface area contributed by atoms with Crippen molar-refractivity contribution in [1.29, 1.82) is 0 Å². The van der Waals surface area contributed by atoms with Crippen LogP contribution in [0.25, 0.3) is 0 Å². The Hall–Kier alpha value is 0.270. The summed E-state index contributed by atoms with van der Waals surface area (Å²) >= 11 is -0.273. The summed E-state index contributed by atoms with van der Waals surface area (Å²) in [5.74, 6) is 0. The van der Waals surface area contributed by atoms with Crippen LogP contribution < -0.4 is 0 Å². The Kier molecular flexibility index (Phi) is 3.42. The zero-order valence-electron chi connectivity index (χ0n) is 4.84. The molecule has 0 fully saturated rings. The molecule has 0 spiro atoms. The third-order valence-electron chi connectivity index (χ3n) is 0.781. The van der Waals surface area contributed by atoms with Crippen LogP contribution in [0.2, 0.25) is 0 Å². The fourth-order valence-corrected chi connectivity index (χ4v) is 0.258. The van der Waals surface area contributed by atoms with Gasteiger partial charge >= 0.3 is 0 Å². The smallest absolute Gasteiger partial charge is 0.186 e. The van der Waals surface area contributed by atoms with Crippen molar-refractivity contribution in [2.24, 2.45) is 0 Å². The normalized spacial score (nSPS) is 15.0. The van der Waals surface area contributed by atoms with Crippen LogP contribution in [0, 0.1) is 0 Å². The predicted octanol–water partition coefficient (Wildman–Crippen LogP) is 1.05. The van der Waals surface area contributed by atoms with Crippen molar-refractivity contribution in [3.05, 3.63) is 0 Å². The maximum Gasteiger partial charge on any atom is 0.186 e. The molecule has 0 rings (SSSR count). The highest BCUT2D eigenvalue weighted by Gasteiger charge is 2.17. The van der Waals surface area contributed by atoms with Crippen molar-refractivity contribution < 1.29 is 9.59 Å². The Morgan fingerprint density at radius 3 is 2.00 bits per heavy atom. The molecule has 0 aliphatic carbocycles. The van der Waals surface area contributed by atoms with Gasteiger partial charge in [0.05, 0.1) is 0 Å². The summed E-state index contributed by atoms with van der Waals surface area (Å²) in [5.41, 5.74) is 0. The van der Waals surface area contributed by atoms with Crippen LogP contribution in [0.1, 0.15) is 13.8 Å². The third kappa shape index (κ3) is 2.91. The lowest BCUT2D eigenvalue weighted by atomic mass is 10.6. The second-order valence-corrected chi connectivity index (χ2v) is 3.71. The van der Waals surface area contributed by atoms with Crippen LogP contribution in [0.3, 0.4) is 0 Å². The first-order chi connectivity index (χ1) is 3.18. The molecule has 0 radical (unpaired) electrons. The Labute approximate surface area is 47.0 Å². The summed E-state index contributed by atoms with van der Waals surface area (Å²) in [5, 5.41) is 8.44. The minimum atomic E-state index is -0.273. The molecule has 0 aromatic heterocycles. The monoisotopic (exact) mass is 123 g/mol. The summed E-state index contributed by atoms with van der Waals surface area (Å²) in [6, 6.07) is 0. The lowest BCUT2D eigenvalue weighted by Gasteiger charge is -1.95.